The third kappa shape index (κ3) is 2.98. The molecule has 0 aromatic carbocycles. The van der Waals surface area contributed by atoms with Crippen LogP contribution in [0.1, 0.15) is 30.6 Å². The van der Waals surface area contributed by atoms with Crippen LogP contribution in [0.2, 0.25) is 0 Å². The molecule has 0 bridgehead atoms. The van der Waals surface area contributed by atoms with Crippen LogP contribution in [0, 0.1) is 0 Å². The summed E-state index contributed by atoms with van der Waals surface area (Å²) in [5.41, 5.74) is 0.524. The number of rotatable bonds is 4. The van der Waals surface area contributed by atoms with Crippen molar-refractivity contribution in [1.29, 1.82) is 0 Å². The fourth-order valence-corrected chi connectivity index (χ4v) is 2.04. The SMILES string of the molecule is CCOC(=O)c1ccc(NC2(C)CCNC2)nc1. The largest absolute Gasteiger partial charge is 0.462 e. The molecule has 1 aliphatic heterocycles. The van der Waals surface area contributed by atoms with Crippen LogP contribution in [-0.2, 0) is 4.74 Å². The first-order valence-corrected chi connectivity index (χ1v) is 6.25. The van der Waals surface area contributed by atoms with Gasteiger partial charge in [0.1, 0.15) is 5.82 Å². The van der Waals surface area contributed by atoms with Gasteiger partial charge in [-0.1, -0.05) is 0 Å². The lowest BCUT2D eigenvalue weighted by Crippen LogP contribution is -2.37. The van der Waals surface area contributed by atoms with Crippen LogP contribution in [0.15, 0.2) is 18.3 Å². The minimum absolute atomic E-state index is 0.0401. The average molecular weight is 249 g/mol. The Hall–Kier alpha value is -1.62. The van der Waals surface area contributed by atoms with Crippen molar-refractivity contribution in [2.45, 2.75) is 25.8 Å². The molecule has 1 saturated heterocycles. The van der Waals surface area contributed by atoms with Gasteiger partial charge in [-0.3, -0.25) is 0 Å². The second-order valence-corrected chi connectivity index (χ2v) is 4.77. The highest BCUT2D eigenvalue weighted by molar-refractivity contribution is 5.89. The molecule has 1 fully saturated rings. The van der Waals surface area contributed by atoms with Crippen LogP contribution in [0.25, 0.3) is 0 Å². The summed E-state index contributed by atoms with van der Waals surface area (Å²) in [6.07, 6.45) is 2.61. The van der Waals surface area contributed by atoms with Crippen LogP contribution < -0.4 is 10.6 Å². The Kier molecular flexibility index (Phi) is 3.81. The van der Waals surface area contributed by atoms with Crippen LogP contribution in [0.4, 0.5) is 5.82 Å². The molecule has 98 valence electrons. The van der Waals surface area contributed by atoms with Crippen LogP contribution in [0.3, 0.4) is 0 Å². The van der Waals surface area contributed by atoms with E-state index in [1.54, 1.807) is 19.2 Å². The van der Waals surface area contributed by atoms with E-state index in [1.807, 2.05) is 6.07 Å². The third-order valence-electron chi connectivity index (χ3n) is 3.07. The monoisotopic (exact) mass is 249 g/mol. The number of hydrogen-bond donors (Lipinski definition) is 2. The van der Waals surface area contributed by atoms with Gasteiger partial charge in [0.2, 0.25) is 0 Å². The molecule has 0 spiro atoms. The van der Waals surface area contributed by atoms with Gasteiger partial charge in [-0.25, -0.2) is 9.78 Å². The summed E-state index contributed by atoms with van der Waals surface area (Å²) in [4.78, 5) is 15.7. The van der Waals surface area contributed by atoms with Crippen LogP contribution >= 0.6 is 0 Å². The smallest absolute Gasteiger partial charge is 0.339 e. The summed E-state index contributed by atoms with van der Waals surface area (Å²) in [7, 11) is 0. The van der Waals surface area contributed by atoms with E-state index in [2.05, 4.69) is 22.5 Å². The summed E-state index contributed by atoms with van der Waals surface area (Å²) in [6, 6.07) is 3.55. The van der Waals surface area contributed by atoms with Gasteiger partial charge in [-0.2, -0.15) is 0 Å². The topological polar surface area (TPSA) is 63.2 Å². The fourth-order valence-electron chi connectivity index (χ4n) is 2.04. The van der Waals surface area contributed by atoms with Gasteiger partial charge in [0.15, 0.2) is 0 Å². The highest BCUT2D eigenvalue weighted by Crippen LogP contribution is 2.19. The molecule has 0 saturated carbocycles. The van der Waals surface area contributed by atoms with E-state index in [1.165, 1.54) is 0 Å². The van der Waals surface area contributed by atoms with E-state index in [-0.39, 0.29) is 11.5 Å². The van der Waals surface area contributed by atoms with Crippen molar-refractivity contribution in [2.75, 3.05) is 25.0 Å². The molecule has 18 heavy (non-hydrogen) atoms. The molecule has 2 heterocycles. The van der Waals surface area contributed by atoms with E-state index < -0.39 is 0 Å². The Labute approximate surface area is 107 Å². The lowest BCUT2D eigenvalue weighted by molar-refractivity contribution is 0.0526. The van der Waals surface area contributed by atoms with Crippen molar-refractivity contribution in [3.63, 3.8) is 0 Å². The van der Waals surface area contributed by atoms with Crippen LogP contribution in [0.5, 0.6) is 0 Å². The summed E-state index contributed by atoms with van der Waals surface area (Å²) in [5, 5.41) is 6.70. The Bertz CT molecular complexity index is 411. The number of nitrogens with zero attached hydrogens (tertiary/aromatic N) is 1. The summed E-state index contributed by atoms with van der Waals surface area (Å²) >= 11 is 0. The molecule has 1 aromatic heterocycles. The molecule has 1 atom stereocenters. The van der Waals surface area contributed by atoms with Crippen molar-refractivity contribution in [3.8, 4) is 0 Å². The maximum absolute atomic E-state index is 11.5. The van der Waals surface area contributed by atoms with Crippen molar-refractivity contribution < 1.29 is 9.53 Å². The molecule has 1 aliphatic rings. The minimum atomic E-state index is -0.328. The molecule has 2 N–H and O–H groups in total. The zero-order valence-electron chi connectivity index (χ0n) is 10.8. The molecule has 1 aromatic rings. The zero-order chi connectivity index (χ0) is 13.0. The standard InChI is InChI=1S/C13H19N3O2/c1-3-18-12(17)10-4-5-11(15-8-10)16-13(2)6-7-14-9-13/h4-5,8,14H,3,6-7,9H2,1-2H3,(H,15,16). The molecule has 0 aliphatic carbocycles. The Morgan fingerprint density at radius 3 is 3.00 bits per heavy atom. The predicted molar refractivity (Wildman–Crippen MR) is 69.7 cm³/mol. The number of pyridine rings is 1. The molecule has 1 unspecified atom stereocenters. The van der Waals surface area contributed by atoms with Crippen LogP contribution in [-0.4, -0.2) is 36.2 Å². The zero-order valence-corrected chi connectivity index (χ0v) is 10.8. The molecule has 5 nitrogen and oxygen atoms in total. The van der Waals surface area contributed by atoms with Crippen molar-refractivity contribution in [1.82, 2.24) is 10.3 Å². The molecular weight excluding hydrogens is 230 g/mol. The number of hydrogen-bond acceptors (Lipinski definition) is 5. The first-order chi connectivity index (χ1) is 8.63. The second-order valence-electron chi connectivity index (χ2n) is 4.77. The average Bonchev–Trinajstić information content (AvgIpc) is 2.77. The quantitative estimate of drug-likeness (QED) is 0.790. The third-order valence-corrected chi connectivity index (χ3v) is 3.07. The molecular formula is C13H19N3O2. The Balaban J connectivity index is 2.01. The molecule has 2 rings (SSSR count). The van der Waals surface area contributed by atoms with Gasteiger partial charge >= 0.3 is 5.97 Å². The summed E-state index contributed by atoms with van der Waals surface area (Å²) < 4.78 is 4.91. The van der Waals surface area contributed by atoms with Gasteiger partial charge in [0.25, 0.3) is 0 Å². The molecule has 0 radical (unpaired) electrons. The second kappa shape index (κ2) is 5.35. The number of carbonyl (C=O) groups excluding carboxylic acids is 1. The normalized spacial score (nSPS) is 22.8. The van der Waals surface area contributed by atoms with E-state index >= 15 is 0 Å². The highest BCUT2D eigenvalue weighted by Gasteiger charge is 2.28. The lowest BCUT2D eigenvalue weighted by atomic mass is 10.0. The van der Waals surface area contributed by atoms with E-state index in [4.69, 9.17) is 4.74 Å². The maximum Gasteiger partial charge on any atom is 0.339 e. The first-order valence-electron chi connectivity index (χ1n) is 6.25. The molecule has 0 amide bonds. The van der Waals surface area contributed by atoms with Crippen molar-refractivity contribution in [3.05, 3.63) is 23.9 Å². The predicted octanol–water partition coefficient (Wildman–Crippen LogP) is 1.42. The lowest BCUT2D eigenvalue weighted by Gasteiger charge is -2.25. The van der Waals surface area contributed by atoms with Crippen molar-refractivity contribution in [2.24, 2.45) is 0 Å². The number of carbonyl (C=O) groups is 1. The van der Waals surface area contributed by atoms with E-state index in [0.29, 0.717) is 12.2 Å². The minimum Gasteiger partial charge on any atom is -0.462 e. The first kappa shape index (κ1) is 12.8. The van der Waals surface area contributed by atoms with Crippen molar-refractivity contribution >= 4 is 11.8 Å². The number of nitrogens with one attached hydrogen (secondary N) is 2. The number of ether oxygens (including phenoxy) is 1. The number of aromatic nitrogens is 1. The van der Waals surface area contributed by atoms with E-state index in [0.717, 1.165) is 25.3 Å². The Morgan fingerprint density at radius 2 is 2.44 bits per heavy atom. The summed E-state index contributed by atoms with van der Waals surface area (Å²) in [6.45, 7) is 6.27. The van der Waals surface area contributed by atoms with E-state index in [9.17, 15) is 4.79 Å². The molecule has 5 heteroatoms. The fraction of sp³-hybridized carbons (Fsp3) is 0.538. The maximum atomic E-state index is 11.5. The Morgan fingerprint density at radius 1 is 1.61 bits per heavy atom. The summed E-state index contributed by atoms with van der Waals surface area (Å²) in [5.74, 6) is 0.458. The van der Waals surface area contributed by atoms with Gasteiger partial charge in [0.05, 0.1) is 12.2 Å². The van der Waals surface area contributed by atoms with Gasteiger partial charge < -0.3 is 15.4 Å². The van der Waals surface area contributed by atoms with Gasteiger partial charge in [-0.05, 0) is 38.9 Å². The van der Waals surface area contributed by atoms with Gasteiger partial charge in [0, 0.05) is 18.3 Å². The number of anilines is 1. The highest BCUT2D eigenvalue weighted by atomic mass is 16.5. The number of esters is 1. The van der Waals surface area contributed by atoms with Gasteiger partial charge in [-0.15, -0.1) is 0 Å².